The van der Waals surface area contributed by atoms with E-state index in [0.29, 0.717) is 21.5 Å². The normalized spacial score (nSPS) is 11.0. The first-order valence-corrected chi connectivity index (χ1v) is 10.8. The molecule has 3 aromatic carbocycles. The highest BCUT2D eigenvalue weighted by Crippen LogP contribution is 2.14. The van der Waals surface area contributed by atoms with Gasteiger partial charge in [-0.05, 0) is 41.5 Å². The van der Waals surface area contributed by atoms with Gasteiger partial charge in [-0.2, -0.15) is 0 Å². The van der Waals surface area contributed by atoms with E-state index in [9.17, 15) is 18.8 Å². The zero-order chi connectivity index (χ0) is 23.4. The van der Waals surface area contributed by atoms with Gasteiger partial charge in [-0.3, -0.25) is 18.7 Å². The molecule has 0 spiro atoms. The van der Waals surface area contributed by atoms with Crippen LogP contribution < -0.4 is 16.6 Å². The van der Waals surface area contributed by atoms with Crippen molar-refractivity contribution in [2.45, 2.75) is 26.1 Å². The maximum absolute atomic E-state index is 13.7. The van der Waals surface area contributed by atoms with Crippen LogP contribution >= 0.6 is 11.6 Å². The van der Waals surface area contributed by atoms with Gasteiger partial charge in [0, 0.05) is 24.5 Å². The number of nitrogens with one attached hydrogen (secondary N) is 1. The van der Waals surface area contributed by atoms with Crippen molar-refractivity contribution >= 4 is 28.4 Å². The van der Waals surface area contributed by atoms with Gasteiger partial charge in [-0.1, -0.05) is 54.1 Å². The zero-order valence-electron chi connectivity index (χ0n) is 17.6. The number of aromatic nitrogens is 2. The molecule has 1 N–H and O–H groups in total. The van der Waals surface area contributed by atoms with Gasteiger partial charge in [0.25, 0.3) is 5.56 Å². The Morgan fingerprint density at radius 1 is 0.939 bits per heavy atom. The molecule has 0 unspecified atom stereocenters. The lowest BCUT2D eigenvalue weighted by molar-refractivity contribution is -0.121. The van der Waals surface area contributed by atoms with Crippen LogP contribution in [0.15, 0.2) is 82.4 Å². The summed E-state index contributed by atoms with van der Waals surface area (Å²) in [7, 11) is 0. The second kappa shape index (κ2) is 9.83. The molecule has 8 heteroatoms. The van der Waals surface area contributed by atoms with Gasteiger partial charge in [-0.25, -0.2) is 9.18 Å². The Balaban J connectivity index is 1.59. The van der Waals surface area contributed by atoms with Crippen molar-refractivity contribution < 1.29 is 9.18 Å². The van der Waals surface area contributed by atoms with Crippen molar-refractivity contribution in [2.75, 3.05) is 0 Å². The Hall–Kier alpha value is -3.71. The third kappa shape index (κ3) is 5.04. The van der Waals surface area contributed by atoms with Crippen LogP contribution in [0.1, 0.15) is 17.5 Å². The van der Waals surface area contributed by atoms with Gasteiger partial charge in [0.1, 0.15) is 5.82 Å². The summed E-state index contributed by atoms with van der Waals surface area (Å²) >= 11 is 6.11. The van der Waals surface area contributed by atoms with E-state index in [2.05, 4.69) is 5.32 Å². The van der Waals surface area contributed by atoms with E-state index in [1.807, 2.05) is 12.1 Å². The average Bonchev–Trinajstić information content (AvgIpc) is 2.81. The summed E-state index contributed by atoms with van der Waals surface area (Å²) in [5.74, 6) is -0.723. The van der Waals surface area contributed by atoms with Gasteiger partial charge in [0.15, 0.2) is 0 Å². The number of para-hydroxylation sites is 1. The number of rotatable bonds is 7. The first-order valence-electron chi connectivity index (χ1n) is 10.4. The van der Waals surface area contributed by atoms with E-state index in [-0.39, 0.29) is 32.0 Å². The summed E-state index contributed by atoms with van der Waals surface area (Å²) in [5, 5.41) is 3.65. The van der Waals surface area contributed by atoms with E-state index >= 15 is 0 Å². The molecule has 0 saturated carbocycles. The Labute approximate surface area is 193 Å². The smallest absolute Gasteiger partial charge is 0.331 e. The van der Waals surface area contributed by atoms with Gasteiger partial charge >= 0.3 is 5.69 Å². The van der Waals surface area contributed by atoms with Crippen molar-refractivity contribution in [3.05, 3.63) is 116 Å². The molecule has 1 aromatic heterocycles. The molecule has 0 fully saturated rings. The minimum atomic E-state index is -0.554. The lowest BCUT2D eigenvalue weighted by Gasteiger charge is -2.14. The fraction of sp³-hybridized carbons (Fsp3) is 0.160. The molecule has 0 atom stereocenters. The Bertz CT molecular complexity index is 1450. The zero-order valence-corrected chi connectivity index (χ0v) is 18.4. The summed E-state index contributed by atoms with van der Waals surface area (Å²) in [5.41, 5.74) is 0.792. The van der Waals surface area contributed by atoms with Gasteiger partial charge < -0.3 is 5.32 Å². The lowest BCUT2D eigenvalue weighted by Crippen LogP contribution is -2.41. The molecule has 0 bridgehead atoms. The van der Waals surface area contributed by atoms with Crippen LogP contribution in [0.3, 0.4) is 0 Å². The highest BCUT2D eigenvalue weighted by atomic mass is 35.5. The summed E-state index contributed by atoms with van der Waals surface area (Å²) in [6.45, 7) is 0.255. The summed E-state index contributed by atoms with van der Waals surface area (Å²) < 4.78 is 16.1. The minimum absolute atomic E-state index is 0.0576. The maximum atomic E-state index is 13.7. The monoisotopic (exact) mass is 465 g/mol. The maximum Gasteiger partial charge on any atom is 0.331 e. The number of nitrogens with zero attached hydrogens (tertiary/aromatic N) is 2. The molecule has 0 radical (unpaired) electrons. The standard InChI is InChI=1S/C25H21ClFN3O3/c26-21-10-3-1-7-18(21)15-28-23(31)12-13-29-24(32)20-9-2-4-11-22(20)30(25(29)33)16-17-6-5-8-19(27)14-17/h1-11,14H,12-13,15-16H2,(H,28,31). The number of hydrogen-bond donors (Lipinski definition) is 1. The number of benzene rings is 3. The molecule has 168 valence electrons. The number of fused-ring (bicyclic) bond motifs is 1. The van der Waals surface area contributed by atoms with Crippen molar-refractivity contribution in [1.82, 2.24) is 14.5 Å². The molecular weight excluding hydrogens is 445 g/mol. The molecule has 1 heterocycles. The van der Waals surface area contributed by atoms with Gasteiger partial charge in [0.2, 0.25) is 5.91 Å². The minimum Gasteiger partial charge on any atom is -0.352 e. The van der Waals surface area contributed by atoms with Crippen LogP contribution in [-0.4, -0.2) is 15.0 Å². The highest BCUT2D eigenvalue weighted by molar-refractivity contribution is 6.31. The molecular formula is C25H21ClFN3O3. The fourth-order valence-corrected chi connectivity index (χ4v) is 3.88. The van der Waals surface area contributed by atoms with Crippen molar-refractivity contribution in [2.24, 2.45) is 0 Å². The predicted octanol–water partition coefficient (Wildman–Crippen LogP) is 3.71. The summed E-state index contributed by atoms with van der Waals surface area (Å²) in [6, 6.07) is 19.9. The van der Waals surface area contributed by atoms with Crippen LogP contribution in [0.4, 0.5) is 4.39 Å². The number of carbonyl (C=O) groups is 1. The van der Waals surface area contributed by atoms with Gasteiger partial charge in [-0.15, -0.1) is 0 Å². The summed E-state index contributed by atoms with van der Waals surface area (Å²) in [6.07, 6.45) is -0.0576. The quantitative estimate of drug-likeness (QED) is 0.452. The van der Waals surface area contributed by atoms with E-state index < -0.39 is 17.1 Å². The number of carbonyl (C=O) groups excluding carboxylic acids is 1. The van der Waals surface area contributed by atoms with E-state index in [1.165, 1.54) is 16.7 Å². The predicted molar refractivity (Wildman–Crippen MR) is 126 cm³/mol. The number of halogens is 2. The molecule has 0 saturated heterocycles. The average molecular weight is 466 g/mol. The number of amides is 1. The SMILES string of the molecule is O=C(CCn1c(=O)c2ccccc2n(Cc2cccc(F)c2)c1=O)NCc1ccccc1Cl. The Morgan fingerprint density at radius 2 is 1.70 bits per heavy atom. The second-order valence-electron chi connectivity index (χ2n) is 7.59. The number of hydrogen-bond acceptors (Lipinski definition) is 3. The van der Waals surface area contributed by atoms with Crippen LogP contribution in [0.5, 0.6) is 0 Å². The van der Waals surface area contributed by atoms with Crippen molar-refractivity contribution in [3.8, 4) is 0 Å². The summed E-state index contributed by atoms with van der Waals surface area (Å²) in [4.78, 5) is 38.6. The first-order chi connectivity index (χ1) is 15.9. The molecule has 0 aliphatic carbocycles. The first kappa shape index (κ1) is 22.5. The molecule has 33 heavy (non-hydrogen) atoms. The van der Waals surface area contributed by atoms with Gasteiger partial charge in [0.05, 0.1) is 17.4 Å². The van der Waals surface area contributed by atoms with E-state index in [1.54, 1.807) is 48.5 Å². The Morgan fingerprint density at radius 3 is 2.48 bits per heavy atom. The third-order valence-corrected chi connectivity index (χ3v) is 5.73. The highest BCUT2D eigenvalue weighted by Gasteiger charge is 2.14. The van der Waals surface area contributed by atoms with Crippen LogP contribution in [0, 0.1) is 5.82 Å². The third-order valence-electron chi connectivity index (χ3n) is 5.36. The topological polar surface area (TPSA) is 73.1 Å². The molecule has 0 aliphatic heterocycles. The van der Waals surface area contributed by atoms with Crippen LogP contribution in [0.25, 0.3) is 10.9 Å². The lowest BCUT2D eigenvalue weighted by atomic mass is 10.2. The molecule has 0 aliphatic rings. The van der Waals surface area contributed by atoms with Crippen molar-refractivity contribution in [1.29, 1.82) is 0 Å². The van der Waals surface area contributed by atoms with Crippen LogP contribution in [0.2, 0.25) is 5.02 Å². The van der Waals surface area contributed by atoms with E-state index in [4.69, 9.17) is 11.6 Å². The molecule has 6 nitrogen and oxygen atoms in total. The molecule has 1 amide bonds. The second-order valence-corrected chi connectivity index (χ2v) is 8.00. The largest absolute Gasteiger partial charge is 0.352 e. The Kier molecular flexibility index (Phi) is 6.70. The van der Waals surface area contributed by atoms with E-state index in [0.717, 1.165) is 10.1 Å². The van der Waals surface area contributed by atoms with Crippen LogP contribution in [-0.2, 0) is 24.4 Å². The van der Waals surface area contributed by atoms with Crippen molar-refractivity contribution in [3.63, 3.8) is 0 Å². The molecule has 4 rings (SSSR count). The molecule has 4 aromatic rings. The fourth-order valence-electron chi connectivity index (χ4n) is 3.68.